The second-order valence-corrected chi connectivity index (χ2v) is 8.08. The van der Waals surface area contributed by atoms with Gasteiger partial charge in [-0.3, -0.25) is 4.79 Å². The van der Waals surface area contributed by atoms with Gasteiger partial charge in [-0.1, -0.05) is 11.6 Å². The topological polar surface area (TPSA) is 64.6 Å². The Morgan fingerprint density at radius 2 is 2.00 bits per heavy atom. The van der Waals surface area contributed by atoms with Gasteiger partial charge in [-0.05, 0) is 68.9 Å². The van der Waals surface area contributed by atoms with Crippen molar-refractivity contribution in [2.24, 2.45) is 0 Å². The SMILES string of the molecule is COC(=O)c1c(NC(=O)C(C)Oc2ccc(Cl)c(C)c2)sc2c1CCCC2. The number of esters is 1. The van der Waals surface area contributed by atoms with Crippen molar-refractivity contribution < 1.29 is 19.1 Å². The number of rotatable bonds is 5. The predicted octanol–water partition coefficient (Wildman–Crippen LogP) is 4.78. The molecule has 1 aliphatic rings. The summed E-state index contributed by atoms with van der Waals surface area (Å²) in [5.74, 6) is -0.156. The fraction of sp³-hybridized carbons (Fsp3) is 0.400. The minimum atomic E-state index is -0.727. The monoisotopic (exact) mass is 407 g/mol. The third kappa shape index (κ3) is 4.28. The third-order valence-electron chi connectivity index (χ3n) is 4.61. The Kier molecular flexibility index (Phi) is 6.07. The maximum Gasteiger partial charge on any atom is 0.341 e. The summed E-state index contributed by atoms with van der Waals surface area (Å²) in [6, 6.07) is 5.25. The van der Waals surface area contributed by atoms with Gasteiger partial charge in [-0.25, -0.2) is 4.79 Å². The molecular formula is C20H22ClNO4S. The van der Waals surface area contributed by atoms with Crippen LogP contribution < -0.4 is 10.1 Å². The van der Waals surface area contributed by atoms with Crippen LogP contribution in [0.1, 0.15) is 46.1 Å². The molecule has 1 heterocycles. The Bertz CT molecular complexity index is 877. The number of nitrogens with one attached hydrogen (secondary N) is 1. The summed E-state index contributed by atoms with van der Waals surface area (Å²) in [6.07, 6.45) is 3.17. The molecule has 0 aliphatic heterocycles. The first-order valence-electron chi connectivity index (χ1n) is 8.87. The van der Waals surface area contributed by atoms with E-state index in [0.717, 1.165) is 41.7 Å². The van der Waals surface area contributed by atoms with Crippen molar-refractivity contribution in [3.05, 3.63) is 44.8 Å². The first-order chi connectivity index (χ1) is 12.9. The molecule has 0 radical (unpaired) electrons. The molecule has 1 aliphatic carbocycles. The molecule has 144 valence electrons. The largest absolute Gasteiger partial charge is 0.481 e. The van der Waals surface area contributed by atoms with Gasteiger partial charge in [0.25, 0.3) is 5.91 Å². The second kappa shape index (κ2) is 8.31. The van der Waals surface area contributed by atoms with E-state index in [0.29, 0.717) is 21.3 Å². The van der Waals surface area contributed by atoms with E-state index < -0.39 is 12.1 Å². The molecule has 1 aromatic carbocycles. The summed E-state index contributed by atoms with van der Waals surface area (Å²) < 4.78 is 10.7. The number of methoxy groups -OCH3 is 1. The summed E-state index contributed by atoms with van der Waals surface area (Å²) in [4.78, 5) is 26.1. The van der Waals surface area contributed by atoms with E-state index in [1.54, 1.807) is 25.1 Å². The standard InChI is InChI=1S/C20H22ClNO4S/c1-11-10-13(8-9-15(11)21)26-12(2)18(23)22-19-17(20(24)25-3)14-6-4-5-7-16(14)27-19/h8-10,12H,4-7H2,1-3H3,(H,22,23). The second-order valence-electron chi connectivity index (χ2n) is 6.57. The van der Waals surface area contributed by atoms with E-state index in [2.05, 4.69) is 5.32 Å². The first-order valence-corrected chi connectivity index (χ1v) is 10.1. The number of aryl methyl sites for hydroxylation is 2. The Labute approximate surface area is 167 Å². The van der Waals surface area contributed by atoms with Gasteiger partial charge in [0.1, 0.15) is 10.8 Å². The molecule has 3 rings (SSSR count). The minimum Gasteiger partial charge on any atom is -0.481 e. The highest BCUT2D eigenvalue weighted by atomic mass is 35.5. The minimum absolute atomic E-state index is 0.314. The van der Waals surface area contributed by atoms with Crippen LogP contribution in [0.4, 0.5) is 5.00 Å². The van der Waals surface area contributed by atoms with Crippen LogP contribution in [0.5, 0.6) is 5.75 Å². The maximum atomic E-state index is 12.6. The highest BCUT2D eigenvalue weighted by Gasteiger charge is 2.28. The molecule has 5 nitrogen and oxygen atoms in total. The Morgan fingerprint density at radius 1 is 1.26 bits per heavy atom. The van der Waals surface area contributed by atoms with E-state index >= 15 is 0 Å². The fourth-order valence-corrected chi connectivity index (χ4v) is 4.53. The number of anilines is 1. The van der Waals surface area contributed by atoms with E-state index in [-0.39, 0.29) is 5.91 Å². The van der Waals surface area contributed by atoms with Crippen LogP contribution in [0, 0.1) is 6.92 Å². The van der Waals surface area contributed by atoms with Crippen molar-refractivity contribution in [2.45, 2.75) is 45.6 Å². The lowest BCUT2D eigenvalue weighted by molar-refractivity contribution is -0.122. The predicted molar refractivity (Wildman–Crippen MR) is 107 cm³/mol. The summed E-state index contributed by atoms with van der Waals surface area (Å²) in [5, 5.41) is 4.04. The molecule has 0 spiro atoms. The van der Waals surface area contributed by atoms with Gasteiger partial charge in [0.05, 0.1) is 12.7 Å². The van der Waals surface area contributed by atoms with E-state index in [9.17, 15) is 9.59 Å². The molecular weight excluding hydrogens is 386 g/mol. The summed E-state index contributed by atoms with van der Waals surface area (Å²) in [5.41, 5.74) is 2.37. The van der Waals surface area contributed by atoms with Crippen LogP contribution >= 0.6 is 22.9 Å². The molecule has 0 bridgehead atoms. The first kappa shape index (κ1) is 19.7. The summed E-state index contributed by atoms with van der Waals surface area (Å²) >= 11 is 7.48. The van der Waals surface area contributed by atoms with E-state index in [1.807, 2.05) is 6.92 Å². The van der Waals surface area contributed by atoms with Crippen LogP contribution in [0.25, 0.3) is 0 Å². The van der Waals surface area contributed by atoms with E-state index in [4.69, 9.17) is 21.1 Å². The van der Waals surface area contributed by atoms with E-state index in [1.165, 1.54) is 18.4 Å². The number of ether oxygens (including phenoxy) is 2. The molecule has 1 N–H and O–H groups in total. The fourth-order valence-electron chi connectivity index (χ4n) is 3.13. The average Bonchev–Trinajstić information content (AvgIpc) is 3.01. The van der Waals surface area contributed by atoms with Gasteiger partial charge in [-0.2, -0.15) is 0 Å². The van der Waals surface area contributed by atoms with Crippen molar-refractivity contribution in [2.75, 3.05) is 12.4 Å². The van der Waals surface area contributed by atoms with Crippen molar-refractivity contribution in [3.8, 4) is 5.75 Å². The molecule has 1 atom stereocenters. The zero-order chi connectivity index (χ0) is 19.6. The zero-order valence-electron chi connectivity index (χ0n) is 15.6. The molecule has 0 saturated carbocycles. The molecule has 27 heavy (non-hydrogen) atoms. The lowest BCUT2D eigenvalue weighted by Crippen LogP contribution is -2.30. The number of carbonyl (C=O) groups excluding carboxylic acids is 2. The number of thiophene rings is 1. The average molecular weight is 408 g/mol. The normalized spacial score (nSPS) is 14.2. The maximum absolute atomic E-state index is 12.6. The third-order valence-corrected chi connectivity index (χ3v) is 6.24. The number of benzene rings is 1. The quantitative estimate of drug-likeness (QED) is 0.724. The number of hydrogen-bond donors (Lipinski definition) is 1. The lowest BCUT2D eigenvalue weighted by atomic mass is 9.95. The van der Waals surface area contributed by atoms with Gasteiger partial charge < -0.3 is 14.8 Å². The van der Waals surface area contributed by atoms with Crippen molar-refractivity contribution in [1.82, 2.24) is 0 Å². The molecule has 2 aromatic rings. The number of amides is 1. The molecule has 7 heteroatoms. The number of carbonyl (C=O) groups is 2. The highest BCUT2D eigenvalue weighted by Crippen LogP contribution is 2.38. The van der Waals surface area contributed by atoms with Crippen LogP contribution in [0.2, 0.25) is 5.02 Å². The molecule has 0 saturated heterocycles. The van der Waals surface area contributed by atoms with Gasteiger partial charge in [0.2, 0.25) is 0 Å². The van der Waals surface area contributed by atoms with Crippen LogP contribution in [-0.4, -0.2) is 25.1 Å². The zero-order valence-corrected chi connectivity index (χ0v) is 17.1. The molecule has 1 amide bonds. The van der Waals surface area contributed by atoms with Crippen LogP contribution in [0.15, 0.2) is 18.2 Å². The summed E-state index contributed by atoms with van der Waals surface area (Å²) in [6.45, 7) is 3.54. The number of fused-ring (bicyclic) bond motifs is 1. The Balaban J connectivity index is 1.77. The molecule has 0 fully saturated rings. The van der Waals surface area contributed by atoms with Gasteiger partial charge in [0, 0.05) is 9.90 Å². The lowest BCUT2D eigenvalue weighted by Gasteiger charge is -2.15. The van der Waals surface area contributed by atoms with Crippen molar-refractivity contribution in [3.63, 3.8) is 0 Å². The molecule has 1 unspecified atom stereocenters. The summed E-state index contributed by atoms with van der Waals surface area (Å²) in [7, 11) is 1.36. The van der Waals surface area contributed by atoms with Crippen molar-refractivity contribution >= 4 is 39.8 Å². The van der Waals surface area contributed by atoms with Crippen LogP contribution in [-0.2, 0) is 22.4 Å². The Hall–Kier alpha value is -2.05. The van der Waals surface area contributed by atoms with Gasteiger partial charge in [0.15, 0.2) is 6.10 Å². The number of halogens is 1. The number of hydrogen-bond acceptors (Lipinski definition) is 5. The Morgan fingerprint density at radius 3 is 2.70 bits per heavy atom. The van der Waals surface area contributed by atoms with Crippen molar-refractivity contribution in [1.29, 1.82) is 0 Å². The highest BCUT2D eigenvalue weighted by molar-refractivity contribution is 7.17. The smallest absolute Gasteiger partial charge is 0.341 e. The molecule has 1 aromatic heterocycles. The van der Waals surface area contributed by atoms with Gasteiger partial charge >= 0.3 is 5.97 Å². The van der Waals surface area contributed by atoms with Gasteiger partial charge in [-0.15, -0.1) is 11.3 Å². The van der Waals surface area contributed by atoms with Crippen LogP contribution in [0.3, 0.4) is 0 Å².